The van der Waals surface area contributed by atoms with Crippen molar-refractivity contribution in [2.24, 2.45) is 0 Å². The molecule has 0 aliphatic carbocycles. The normalized spacial score (nSPS) is 11.1. The summed E-state index contributed by atoms with van der Waals surface area (Å²) in [5.74, 6) is -1.81. The van der Waals surface area contributed by atoms with E-state index in [0.717, 1.165) is 24.0 Å². The molecule has 3 rings (SSSR count). The van der Waals surface area contributed by atoms with Crippen LogP contribution in [0.25, 0.3) is 0 Å². The molecule has 0 atom stereocenters. The van der Waals surface area contributed by atoms with Gasteiger partial charge in [0.1, 0.15) is 11.5 Å². The van der Waals surface area contributed by atoms with E-state index in [4.69, 9.17) is 0 Å². The van der Waals surface area contributed by atoms with Crippen molar-refractivity contribution >= 4 is 35.0 Å². The van der Waals surface area contributed by atoms with Gasteiger partial charge in [-0.15, -0.1) is 0 Å². The summed E-state index contributed by atoms with van der Waals surface area (Å²) in [7, 11) is 0. The Morgan fingerprint density at radius 2 is 1.68 bits per heavy atom. The lowest BCUT2D eigenvalue weighted by Gasteiger charge is -2.11. The van der Waals surface area contributed by atoms with Crippen molar-refractivity contribution in [3.63, 3.8) is 0 Å². The quantitative estimate of drug-likeness (QED) is 0.325. The maximum Gasteiger partial charge on any atom is 0.433 e. The highest BCUT2D eigenvalue weighted by Gasteiger charge is 2.32. The summed E-state index contributed by atoms with van der Waals surface area (Å²) in [6, 6.07) is 12.1. The van der Waals surface area contributed by atoms with Crippen LogP contribution in [-0.4, -0.2) is 27.5 Å². The molecular formula is C20H14F4N4O2S. The molecule has 0 bridgehead atoms. The molecule has 0 saturated carbocycles. The number of rotatable bonds is 6. The first kappa shape index (κ1) is 22.2. The summed E-state index contributed by atoms with van der Waals surface area (Å²) in [6.07, 6.45) is -3.65. The Morgan fingerprint density at radius 1 is 0.968 bits per heavy atom. The first-order valence-corrected chi connectivity index (χ1v) is 9.70. The maximum absolute atomic E-state index is 13.0. The molecule has 3 aromatic rings. The summed E-state index contributed by atoms with van der Waals surface area (Å²) in [5.41, 5.74) is -0.379. The number of nitrogens with zero attached hydrogens (tertiary/aromatic N) is 2. The SMILES string of the molecule is O=C(CSc1nccc(C(F)(F)F)n1)Nc1ccccc1C(=O)Nc1ccc(F)cc1. The van der Waals surface area contributed by atoms with E-state index in [1.807, 2.05) is 0 Å². The van der Waals surface area contributed by atoms with Crippen LogP contribution in [-0.2, 0) is 11.0 Å². The number of amides is 2. The topological polar surface area (TPSA) is 84.0 Å². The first-order chi connectivity index (χ1) is 14.7. The number of halogens is 4. The molecule has 160 valence electrons. The van der Waals surface area contributed by atoms with Crippen molar-refractivity contribution in [3.05, 3.63) is 77.9 Å². The largest absolute Gasteiger partial charge is 0.433 e. The van der Waals surface area contributed by atoms with Crippen LogP contribution in [0, 0.1) is 5.82 Å². The van der Waals surface area contributed by atoms with Crippen LogP contribution in [0.5, 0.6) is 0 Å². The molecule has 11 heteroatoms. The van der Waals surface area contributed by atoms with Crippen LogP contribution < -0.4 is 10.6 Å². The Hall–Kier alpha value is -3.47. The highest BCUT2D eigenvalue weighted by molar-refractivity contribution is 7.99. The number of benzene rings is 2. The molecular weight excluding hydrogens is 436 g/mol. The molecule has 1 aromatic heterocycles. The average Bonchev–Trinajstić information content (AvgIpc) is 2.74. The van der Waals surface area contributed by atoms with E-state index in [1.54, 1.807) is 12.1 Å². The second-order valence-corrected chi connectivity index (χ2v) is 7.01. The number of hydrogen-bond donors (Lipinski definition) is 2. The number of thioether (sulfide) groups is 1. The van der Waals surface area contributed by atoms with Crippen molar-refractivity contribution < 1.29 is 27.2 Å². The maximum atomic E-state index is 13.0. The average molecular weight is 450 g/mol. The minimum absolute atomic E-state index is 0.153. The molecule has 0 aliphatic heterocycles. The summed E-state index contributed by atoms with van der Waals surface area (Å²) in [6.45, 7) is 0. The van der Waals surface area contributed by atoms with Gasteiger partial charge in [0.05, 0.1) is 17.0 Å². The summed E-state index contributed by atoms with van der Waals surface area (Å²) in [5, 5.41) is 4.93. The molecule has 6 nitrogen and oxygen atoms in total. The standard InChI is InChI=1S/C20H14F4N4O2S/c21-12-5-7-13(8-6-12)26-18(30)14-3-1-2-4-15(14)27-17(29)11-31-19-25-10-9-16(28-19)20(22,23)24/h1-10H,11H2,(H,26,30)(H,27,29). The molecule has 0 unspecified atom stereocenters. The predicted molar refractivity (Wildman–Crippen MR) is 107 cm³/mol. The fraction of sp³-hybridized carbons (Fsp3) is 0.100. The number of aromatic nitrogens is 2. The van der Waals surface area contributed by atoms with Crippen LogP contribution in [0.2, 0.25) is 0 Å². The molecule has 2 amide bonds. The fourth-order valence-electron chi connectivity index (χ4n) is 2.41. The van der Waals surface area contributed by atoms with E-state index in [-0.39, 0.29) is 22.2 Å². The van der Waals surface area contributed by atoms with Crippen LogP contribution in [0.3, 0.4) is 0 Å². The van der Waals surface area contributed by atoms with Gasteiger partial charge in [0.15, 0.2) is 5.16 Å². The van der Waals surface area contributed by atoms with Gasteiger partial charge in [-0.1, -0.05) is 23.9 Å². The molecule has 0 spiro atoms. The van der Waals surface area contributed by atoms with Crippen molar-refractivity contribution in [1.82, 2.24) is 9.97 Å². The molecule has 1 heterocycles. The number of nitrogens with one attached hydrogen (secondary N) is 2. The van der Waals surface area contributed by atoms with E-state index < -0.39 is 29.5 Å². The fourth-order valence-corrected chi connectivity index (χ4v) is 3.04. The Kier molecular flexibility index (Phi) is 6.85. The summed E-state index contributed by atoms with van der Waals surface area (Å²) < 4.78 is 51.1. The second kappa shape index (κ2) is 9.56. The van der Waals surface area contributed by atoms with Gasteiger partial charge in [-0.3, -0.25) is 9.59 Å². The van der Waals surface area contributed by atoms with Gasteiger partial charge >= 0.3 is 6.18 Å². The number of carbonyl (C=O) groups is 2. The lowest BCUT2D eigenvalue weighted by molar-refractivity contribution is -0.141. The molecule has 2 N–H and O–H groups in total. The minimum atomic E-state index is -4.61. The van der Waals surface area contributed by atoms with E-state index in [2.05, 4.69) is 20.6 Å². The van der Waals surface area contributed by atoms with Gasteiger partial charge < -0.3 is 10.6 Å². The van der Waals surface area contributed by atoms with Gasteiger partial charge in [-0.25, -0.2) is 14.4 Å². The Morgan fingerprint density at radius 3 is 2.39 bits per heavy atom. The lowest BCUT2D eigenvalue weighted by Crippen LogP contribution is -2.19. The number of hydrogen-bond acceptors (Lipinski definition) is 5. The van der Waals surface area contributed by atoms with Crippen molar-refractivity contribution in [2.45, 2.75) is 11.3 Å². The third kappa shape index (κ3) is 6.25. The lowest BCUT2D eigenvalue weighted by atomic mass is 10.1. The zero-order valence-corrected chi connectivity index (χ0v) is 16.4. The van der Waals surface area contributed by atoms with Crippen LogP contribution in [0.4, 0.5) is 28.9 Å². The Bertz CT molecular complexity index is 1090. The van der Waals surface area contributed by atoms with Gasteiger partial charge in [-0.05, 0) is 42.5 Å². The highest BCUT2D eigenvalue weighted by Crippen LogP contribution is 2.28. The Balaban J connectivity index is 1.64. The number of carbonyl (C=O) groups excluding carboxylic acids is 2. The van der Waals surface area contributed by atoms with Gasteiger partial charge in [0, 0.05) is 11.9 Å². The van der Waals surface area contributed by atoms with Gasteiger partial charge in [0.2, 0.25) is 5.91 Å². The third-order valence-corrected chi connectivity index (χ3v) is 4.67. The zero-order chi connectivity index (χ0) is 22.4. The number of para-hydroxylation sites is 1. The van der Waals surface area contributed by atoms with Crippen molar-refractivity contribution in [3.8, 4) is 0 Å². The monoisotopic (exact) mass is 450 g/mol. The first-order valence-electron chi connectivity index (χ1n) is 8.71. The van der Waals surface area contributed by atoms with E-state index in [9.17, 15) is 27.2 Å². The predicted octanol–water partition coefficient (Wildman–Crippen LogP) is 4.62. The molecule has 0 aliphatic rings. The minimum Gasteiger partial charge on any atom is -0.325 e. The summed E-state index contributed by atoms with van der Waals surface area (Å²) >= 11 is 0.726. The van der Waals surface area contributed by atoms with E-state index in [1.165, 1.54) is 36.4 Å². The van der Waals surface area contributed by atoms with Crippen molar-refractivity contribution in [1.29, 1.82) is 0 Å². The molecule has 2 aromatic carbocycles. The number of anilines is 2. The molecule has 0 saturated heterocycles. The van der Waals surface area contributed by atoms with Crippen LogP contribution in [0.1, 0.15) is 16.1 Å². The van der Waals surface area contributed by atoms with Gasteiger partial charge in [-0.2, -0.15) is 13.2 Å². The van der Waals surface area contributed by atoms with E-state index >= 15 is 0 Å². The summed E-state index contributed by atoms with van der Waals surface area (Å²) in [4.78, 5) is 31.9. The second-order valence-electron chi connectivity index (χ2n) is 6.07. The molecule has 0 radical (unpaired) electrons. The molecule has 31 heavy (non-hydrogen) atoms. The third-order valence-electron chi connectivity index (χ3n) is 3.80. The highest BCUT2D eigenvalue weighted by atomic mass is 32.2. The Labute approximate surface area is 178 Å². The van der Waals surface area contributed by atoms with E-state index in [0.29, 0.717) is 5.69 Å². The number of alkyl halides is 3. The van der Waals surface area contributed by atoms with Crippen molar-refractivity contribution in [2.75, 3.05) is 16.4 Å². The molecule has 0 fully saturated rings. The van der Waals surface area contributed by atoms with Gasteiger partial charge in [0.25, 0.3) is 5.91 Å². The smallest absolute Gasteiger partial charge is 0.325 e. The van der Waals surface area contributed by atoms with Crippen LogP contribution in [0.15, 0.2) is 66.0 Å². The van der Waals surface area contributed by atoms with Crippen LogP contribution >= 0.6 is 11.8 Å². The zero-order valence-electron chi connectivity index (χ0n) is 15.6.